The summed E-state index contributed by atoms with van der Waals surface area (Å²) < 4.78 is 0. The molecule has 3 heterocycles. The lowest BCUT2D eigenvalue weighted by Gasteiger charge is -2.44. The maximum atomic E-state index is 13.6. The molecule has 174 valence electrons. The molecule has 0 N–H and O–H groups in total. The van der Waals surface area contributed by atoms with Gasteiger partial charge in [0.15, 0.2) is 0 Å². The van der Waals surface area contributed by atoms with Crippen LogP contribution in [-0.4, -0.2) is 78.2 Å². The van der Waals surface area contributed by atoms with Crippen LogP contribution in [0.15, 0.2) is 48.8 Å². The fourth-order valence-corrected chi connectivity index (χ4v) is 5.32. The lowest BCUT2D eigenvalue weighted by Crippen LogP contribution is -2.55. The molecule has 2 atom stereocenters. The first kappa shape index (κ1) is 23.0. The Kier molecular flexibility index (Phi) is 6.49. The molecule has 0 unspecified atom stereocenters. The average Bonchev–Trinajstić information content (AvgIpc) is 3.17. The van der Waals surface area contributed by atoms with E-state index in [1.165, 1.54) is 0 Å². The quantitative estimate of drug-likeness (QED) is 0.704. The monoisotopic (exact) mass is 448 g/mol. The van der Waals surface area contributed by atoms with Gasteiger partial charge in [-0.1, -0.05) is 30.3 Å². The second kappa shape index (κ2) is 9.33. The summed E-state index contributed by atoms with van der Waals surface area (Å²) in [6, 6.07) is 12.1. The summed E-state index contributed by atoms with van der Waals surface area (Å²) >= 11 is 0. The first-order valence-electron chi connectivity index (χ1n) is 11.5. The van der Waals surface area contributed by atoms with Crippen molar-refractivity contribution in [3.63, 3.8) is 0 Å². The van der Waals surface area contributed by atoms with Crippen molar-refractivity contribution in [2.45, 2.75) is 25.7 Å². The van der Waals surface area contributed by atoms with Crippen LogP contribution in [0.1, 0.15) is 24.8 Å². The van der Waals surface area contributed by atoms with Crippen LogP contribution in [0.25, 0.3) is 11.1 Å². The number of benzene rings is 1. The molecule has 2 aromatic rings. The van der Waals surface area contributed by atoms with Crippen LogP contribution in [-0.2, 0) is 20.8 Å². The number of amides is 3. The van der Waals surface area contributed by atoms with E-state index in [-0.39, 0.29) is 30.1 Å². The molecule has 1 aromatic heterocycles. The zero-order valence-corrected chi connectivity index (χ0v) is 19.7. The Balaban J connectivity index is 1.65. The average molecular weight is 449 g/mol. The van der Waals surface area contributed by atoms with Crippen molar-refractivity contribution in [3.05, 3.63) is 54.4 Å². The lowest BCUT2D eigenvalue weighted by molar-refractivity contribution is -0.149. The Labute approximate surface area is 195 Å². The van der Waals surface area contributed by atoms with Gasteiger partial charge in [0.2, 0.25) is 17.7 Å². The highest BCUT2D eigenvalue weighted by Crippen LogP contribution is 2.39. The standard InChI is InChI=1S/C26H32N4O3/c1-28(2)25(33)26(15-19-8-4-5-10-22(19)20-9-6-12-27-16-20)11-7-13-30(18-26)24(32)21-14-23(31)29(3)17-21/h4-6,8-10,12,16,21H,7,11,13-15,17-18H2,1-3H3/t21-,26-/m0/s1. The predicted molar refractivity (Wildman–Crippen MR) is 126 cm³/mol. The number of piperidine rings is 1. The number of rotatable bonds is 5. The highest BCUT2D eigenvalue weighted by molar-refractivity contribution is 5.90. The number of nitrogens with zero attached hydrogens (tertiary/aromatic N) is 4. The van der Waals surface area contributed by atoms with Crippen LogP contribution >= 0.6 is 0 Å². The molecule has 0 aliphatic carbocycles. The lowest BCUT2D eigenvalue weighted by atomic mass is 9.72. The van der Waals surface area contributed by atoms with E-state index in [0.29, 0.717) is 26.1 Å². The smallest absolute Gasteiger partial charge is 0.230 e. The molecule has 7 heteroatoms. The molecule has 0 bridgehead atoms. The molecular weight excluding hydrogens is 416 g/mol. The van der Waals surface area contributed by atoms with Crippen LogP contribution in [0, 0.1) is 11.3 Å². The minimum atomic E-state index is -0.704. The third-order valence-electron chi connectivity index (χ3n) is 6.96. The Morgan fingerprint density at radius 1 is 1.18 bits per heavy atom. The minimum Gasteiger partial charge on any atom is -0.348 e. The van der Waals surface area contributed by atoms with E-state index in [9.17, 15) is 14.4 Å². The number of likely N-dealkylation sites (tertiary alicyclic amines) is 2. The second-order valence-electron chi connectivity index (χ2n) is 9.59. The van der Waals surface area contributed by atoms with Gasteiger partial charge in [-0.15, -0.1) is 0 Å². The van der Waals surface area contributed by atoms with Crippen molar-refractivity contribution in [2.24, 2.45) is 11.3 Å². The van der Waals surface area contributed by atoms with Gasteiger partial charge in [0, 0.05) is 65.2 Å². The Hall–Kier alpha value is -3.22. The minimum absolute atomic E-state index is 0.00592. The van der Waals surface area contributed by atoms with E-state index in [1.807, 2.05) is 35.4 Å². The summed E-state index contributed by atoms with van der Waals surface area (Å²) in [4.78, 5) is 48.3. The molecule has 2 aliphatic rings. The predicted octanol–water partition coefficient (Wildman–Crippen LogP) is 2.47. The summed E-state index contributed by atoms with van der Waals surface area (Å²) in [5, 5.41) is 0. The largest absolute Gasteiger partial charge is 0.348 e. The van der Waals surface area contributed by atoms with E-state index in [0.717, 1.165) is 29.5 Å². The molecule has 2 aliphatic heterocycles. The molecule has 7 nitrogen and oxygen atoms in total. The number of pyridine rings is 1. The van der Waals surface area contributed by atoms with Crippen molar-refractivity contribution in [1.82, 2.24) is 19.7 Å². The van der Waals surface area contributed by atoms with Crippen LogP contribution in [0.3, 0.4) is 0 Å². The highest BCUT2D eigenvalue weighted by Gasteiger charge is 2.46. The Morgan fingerprint density at radius 3 is 2.64 bits per heavy atom. The van der Waals surface area contributed by atoms with Crippen LogP contribution in [0.2, 0.25) is 0 Å². The third-order valence-corrected chi connectivity index (χ3v) is 6.96. The van der Waals surface area contributed by atoms with Gasteiger partial charge in [0.05, 0.1) is 11.3 Å². The number of aromatic nitrogens is 1. The normalized spacial score (nSPS) is 23.0. The second-order valence-corrected chi connectivity index (χ2v) is 9.59. The van der Waals surface area contributed by atoms with Gasteiger partial charge >= 0.3 is 0 Å². The third kappa shape index (κ3) is 4.63. The van der Waals surface area contributed by atoms with Crippen molar-refractivity contribution in [3.8, 4) is 11.1 Å². The molecule has 3 amide bonds. The van der Waals surface area contributed by atoms with Gasteiger partial charge in [-0.3, -0.25) is 19.4 Å². The van der Waals surface area contributed by atoms with Gasteiger partial charge < -0.3 is 14.7 Å². The van der Waals surface area contributed by atoms with Crippen molar-refractivity contribution >= 4 is 17.7 Å². The first-order chi connectivity index (χ1) is 15.8. The first-order valence-corrected chi connectivity index (χ1v) is 11.5. The van der Waals surface area contributed by atoms with Gasteiger partial charge in [-0.05, 0) is 36.5 Å². The van der Waals surface area contributed by atoms with E-state index in [4.69, 9.17) is 0 Å². The molecule has 2 fully saturated rings. The van der Waals surface area contributed by atoms with Gasteiger partial charge in [-0.2, -0.15) is 0 Å². The van der Waals surface area contributed by atoms with Crippen LogP contribution < -0.4 is 0 Å². The van der Waals surface area contributed by atoms with Crippen molar-refractivity contribution in [2.75, 3.05) is 40.8 Å². The molecule has 1 aromatic carbocycles. The fourth-order valence-electron chi connectivity index (χ4n) is 5.32. The van der Waals surface area contributed by atoms with Crippen LogP contribution in [0.4, 0.5) is 0 Å². The Bertz CT molecular complexity index is 1040. The number of hydrogen-bond donors (Lipinski definition) is 0. The molecule has 0 radical (unpaired) electrons. The summed E-state index contributed by atoms with van der Waals surface area (Å²) in [7, 11) is 5.30. The van der Waals surface area contributed by atoms with E-state index in [1.54, 1.807) is 37.1 Å². The summed E-state index contributed by atoms with van der Waals surface area (Å²) in [6.07, 6.45) is 5.87. The molecule has 4 rings (SSSR count). The summed E-state index contributed by atoms with van der Waals surface area (Å²) in [6.45, 7) is 1.45. The molecule has 33 heavy (non-hydrogen) atoms. The molecule has 0 saturated carbocycles. The SMILES string of the molecule is CN(C)C(=O)[C@]1(Cc2ccccc2-c2cccnc2)CCCN(C(=O)[C@H]2CC(=O)N(C)C2)C1. The van der Waals surface area contributed by atoms with E-state index >= 15 is 0 Å². The zero-order valence-electron chi connectivity index (χ0n) is 19.7. The van der Waals surface area contributed by atoms with Gasteiger partial charge in [0.1, 0.15) is 0 Å². The fraction of sp³-hybridized carbons (Fsp3) is 0.462. The zero-order chi connectivity index (χ0) is 23.6. The van der Waals surface area contributed by atoms with Crippen molar-refractivity contribution < 1.29 is 14.4 Å². The maximum absolute atomic E-state index is 13.6. The van der Waals surface area contributed by atoms with Gasteiger partial charge in [-0.25, -0.2) is 0 Å². The number of carbonyl (C=O) groups is 3. The molecule has 0 spiro atoms. The molecular formula is C26H32N4O3. The summed E-state index contributed by atoms with van der Waals surface area (Å²) in [5.41, 5.74) is 2.44. The van der Waals surface area contributed by atoms with Crippen LogP contribution in [0.5, 0.6) is 0 Å². The molecule has 2 saturated heterocycles. The van der Waals surface area contributed by atoms with E-state index in [2.05, 4.69) is 17.1 Å². The highest BCUT2D eigenvalue weighted by atomic mass is 16.2. The van der Waals surface area contributed by atoms with Crippen molar-refractivity contribution in [1.29, 1.82) is 0 Å². The van der Waals surface area contributed by atoms with Gasteiger partial charge in [0.25, 0.3) is 0 Å². The summed E-state index contributed by atoms with van der Waals surface area (Å²) in [5.74, 6) is -0.286. The Morgan fingerprint density at radius 2 is 1.97 bits per heavy atom. The number of hydrogen-bond acceptors (Lipinski definition) is 4. The maximum Gasteiger partial charge on any atom is 0.230 e. The van der Waals surface area contributed by atoms with E-state index < -0.39 is 5.41 Å². The number of carbonyl (C=O) groups excluding carboxylic acids is 3. The topological polar surface area (TPSA) is 73.8 Å².